The average molecular weight is 298 g/mol. The van der Waals surface area contributed by atoms with Gasteiger partial charge in [-0.1, -0.05) is 48.9 Å². The smallest absolute Gasteiger partial charge is 0.148 e. The summed E-state index contributed by atoms with van der Waals surface area (Å²) in [6, 6.07) is 16.0. The fourth-order valence-electron chi connectivity index (χ4n) is 2.50. The van der Waals surface area contributed by atoms with Gasteiger partial charge in [-0.15, -0.1) is 0 Å². The Balaban J connectivity index is 2.25. The zero-order valence-electron chi connectivity index (χ0n) is 11.7. The van der Waals surface area contributed by atoms with Gasteiger partial charge in [-0.05, 0) is 35.7 Å². The van der Waals surface area contributed by atoms with Gasteiger partial charge >= 0.3 is 0 Å². The van der Waals surface area contributed by atoms with Crippen molar-refractivity contribution in [1.29, 1.82) is 0 Å². The van der Waals surface area contributed by atoms with E-state index >= 15 is 0 Å². The van der Waals surface area contributed by atoms with E-state index in [1.165, 1.54) is 5.56 Å². The summed E-state index contributed by atoms with van der Waals surface area (Å²) >= 11 is 5.95. The predicted octanol–water partition coefficient (Wildman–Crippen LogP) is 4.40. The van der Waals surface area contributed by atoms with Crippen molar-refractivity contribution >= 4 is 28.3 Å². The summed E-state index contributed by atoms with van der Waals surface area (Å²) in [6.45, 7) is 2.12. The molecule has 3 aromatic rings. The van der Waals surface area contributed by atoms with Crippen LogP contribution in [0.1, 0.15) is 12.5 Å². The maximum Gasteiger partial charge on any atom is 0.148 e. The minimum atomic E-state index is 0.672. The van der Waals surface area contributed by atoms with E-state index in [0.29, 0.717) is 10.8 Å². The number of rotatable bonds is 3. The Morgan fingerprint density at radius 2 is 1.90 bits per heavy atom. The van der Waals surface area contributed by atoms with Crippen molar-refractivity contribution in [3.63, 3.8) is 0 Å². The van der Waals surface area contributed by atoms with Crippen molar-refractivity contribution in [2.45, 2.75) is 13.3 Å². The molecule has 106 valence electrons. The van der Waals surface area contributed by atoms with Crippen LogP contribution in [0.2, 0.25) is 5.02 Å². The van der Waals surface area contributed by atoms with Crippen LogP contribution in [0.3, 0.4) is 0 Å². The molecule has 2 aromatic carbocycles. The molecule has 3 rings (SSSR count). The molecule has 3 N–H and O–H groups in total. The van der Waals surface area contributed by atoms with E-state index in [4.69, 9.17) is 22.4 Å². The Morgan fingerprint density at radius 1 is 1.14 bits per heavy atom. The van der Waals surface area contributed by atoms with Gasteiger partial charge in [-0.25, -0.2) is 10.8 Å². The number of fused-ring (bicyclic) bond motifs is 1. The molecule has 0 spiro atoms. The second-order valence-electron chi connectivity index (χ2n) is 4.88. The number of pyridine rings is 1. The molecule has 3 nitrogen and oxygen atoms in total. The lowest BCUT2D eigenvalue weighted by Gasteiger charge is -2.12. The fraction of sp³-hybridized carbons (Fsp3) is 0.118. The van der Waals surface area contributed by atoms with Gasteiger partial charge in [0.25, 0.3) is 0 Å². The summed E-state index contributed by atoms with van der Waals surface area (Å²) < 4.78 is 0. The minimum Gasteiger partial charge on any atom is -0.308 e. The maximum absolute atomic E-state index is 5.95. The Labute approximate surface area is 128 Å². The van der Waals surface area contributed by atoms with Crippen molar-refractivity contribution < 1.29 is 0 Å². The van der Waals surface area contributed by atoms with E-state index in [1.54, 1.807) is 0 Å². The van der Waals surface area contributed by atoms with Crippen LogP contribution >= 0.6 is 11.6 Å². The molecule has 21 heavy (non-hydrogen) atoms. The van der Waals surface area contributed by atoms with Crippen molar-refractivity contribution in [2.75, 3.05) is 5.43 Å². The first-order valence-corrected chi connectivity index (χ1v) is 7.26. The molecule has 0 aliphatic carbocycles. The number of hydrogen-bond donors (Lipinski definition) is 2. The van der Waals surface area contributed by atoms with Crippen LogP contribution in [0.5, 0.6) is 0 Å². The Kier molecular flexibility index (Phi) is 3.78. The van der Waals surface area contributed by atoms with Crippen LogP contribution in [-0.2, 0) is 6.42 Å². The highest BCUT2D eigenvalue weighted by molar-refractivity contribution is 6.30. The second kappa shape index (κ2) is 5.72. The zero-order chi connectivity index (χ0) is 14.8. The van der Waals surface area contributed by atoms with E-state index in [1.807, 2.05) is 24.3 Å². The van der Waals surface area contributed by atoms with E-state index in [9.17, 15) is 0 Å². The number of nitrogens with zero attached hydrogens (tertiary/aromatic N) is 1. The van der Waals surface area contributed by atoms with E-state index in [2.05, 4.69) is 36.6 Å². The molecule has 0 amide bonds. The van der Waals surface area contributed by atoms with Crippen molar-refractivity contribution in [1.82, 2.24) is 4.98 Å². The molecule has 0 fully saturated rings. The number of benzene rings is 2. The number of nitrogens with two attached hydrogens (primary N) is 1. The number of halogens is 1. The molecule has 0 saturated heterocycles. The third kappa shape index (κ3) is 2.58. The van der Waals surface area contributed by atoms with Gasteiger partial charge in [-0.2, -0.15) is 0 Å². The summed E-state index contributed by atoms with van der Waals surface area (Å²) in [5.41, 5.74) is 6.91. The Morgan fingerprint density at radius 3 is 2.57 bits per heavy atom. The second-order valence-corrected chi connectivity index (χ2v) is 5.31. The third-order valence-corrected chi connectivity index (χ3v) is 3.85. The minimum absolute atomic E-state index is 0.672. The molecule has 0 atom stereocenters. The van der Waals surface area contributed by atoms with Gasteiger partial charge in [0, 0.05) is 16.0 Å². The summed E-state index contributed by atoms with van der Waals surface area (Å²) in [5, 5.41) is 1.82. The molecule has 0 aliphatic heterocycles. The van der Waals surface area contributed by atoms with Gasteiger partial charge < -0.3 is 5.43 Å². The number of aryl methyl sites for hydroxylation is 1. The van der Waals surface area contributed by atoms with Crippen LogP contribution in [-0.4, -0.2) is 4.98 Å². The third-order valence-electron chi connectivity index (χ3n) is 3.60. The van der Waals surface area contributed by atoms with Crippen LogP contribution in [0.25, 0.3) is 22.0 Å². The predicted molar refractivity (Wildman–Crippen MR) is 89.4 cm³/mol. The van der Waals surface area contributed by atoms with Gasteiger partial charge in [-0.3, -0.25) is 0 Å². The maximum atomic E-state index is 5.95. The molecule has 0 radical (unpaired) electrons. The number of aromatic nitrogens is 1. The van der Waals surface area contributed by atoms with Gasteiger partial charge in [0.15, 0.2) is 0 Å². The summed E-state index contributed by atoms with van der Waals surface area (Å²) in [7, 11) is 0. The number of para-hydroxylation sites is 1. The van der Waals surface area contributed by atoms with Crippen molar-refractivity contribution in [2.24, 2.45) is 5.84 Å². The van der Waals surface area contributed by atoms with Crippen molar-refractivity contribution in [3.05, 3.63) is 59.1 Å². The lowest BCUT2D eigenvalue weighted by Crippen LogP contribution is -2.10. The first-order valence-electron chi connectivity index (χ1n) is 6.88. The molecule has 0 saturated carbocycles. The lowest BCUT2D eigenvalue weighted by molar-refractivity contribution is 1.14. The fourth-order valence-corrected chi connectivity index (χ4v) is 2.63. The van der Waals surface area contributed by atoms with E-state index < -0.39 is 0 Å². The first-order chi connectivity index (χ1) is 10.2. The van der Waals surface area contributed by atoms with Gasteiger partial charge in [0.05, 0.1) is 5.52 Å². The summed E-state index contributed by atoms with van der Waals surface area (Å²) in [4.78, 5) is 4.69. The number of hydrazine groups is 1. The molecular formula is C17H16ClN3. The molecule has 1 aromatic heterocycles. The SMILES string of the molecule is CCc1cccc2cc(-c3ccc(Cl)cc3)c(NN)nc12. The molecule has 0 unspecified atom stereocenters. The van der Waals surface area contributed by atoms with E-state index in [-0.39, 0.29) is 0 Å². The van der Waals surface area contributed by atoms with Crippen LogP contribution in [0.4, 0.5) is 5.82 Å². The zero-order valence-corrected chi connectivity index (χ0v) is 12.5. The normalized spacial score (nSPS) is 10.8. The molecule has 0 bridgehead atoms. The highest BCUT2D eigenvalue weighted by Crippen LogP contribution is 2.31. The number of hydrogen-bond acceptors (Lipinski definition) is 3. The summed E-state index contributed by atoms with van der Waals surface area (Å²) in [6.07, 6.45) is 0.939. The number of nitrogen functional groups attached to an aromatic ring is 1. The number of anilines is 1. The molecular weight excluding hydrogens is 282 g/mol. The first kappa shape index (κ1) is 13.9. The van der Waals surface area contributed by atoms with Gasteiger partial charge in [0.2, 0.25) is 0 Å². The standard InChI is InChI=1S/C17H16ClN3/c1-2-11-4-3-5-13-10-15(17(21-19)20-16(11)13)12-6-8-14(18)9-7-12/h3-10H,2,19H2,1H3,(H,20,21). The molecule has 0 aliphatic rings. The lowest BCUT2D eigenvalue weighted by atomic mass is 10.0. The topological polar surface area (TPSA) is 50.9 Å². The Hall–Kier alpha value is -2.10. The highest BCUT2D eigenvalue weighted by Gasteiger charge is 2.10. The Bertz CT molecular complexity index is 782. The summed E-state index contributed by atoms with van der Waals surface area (Å²) in [5.74, 6) is 6.33. The van der Waals surface area contributed by atoms with Crippen molar-refractivity contribution in [3.8, 4) is 11.1 Å². The average Bonchev–Trinajstić information content (AvgIpc) is 2.53. The monoisotopic (exact) mass is 297 g/mol. The van der Waals surface area contributed by atoms with Gasteiger partial charge in [0.1, 0.15) is 5.82 Å². The molecule has 4 heteroatoms. The number of nitrogens with one attached hydrogen (secondary N) is 1. The van der Waals surface area contributed by atoms with Crippen LogP contribution < -0.4 is 11.3 Å². The van der Waals surface area contributed by atoms with E-state index in [0.717, 1.165) is 28.5 Å². The largest absolute Gasteiger partial charge is 0.308 e. The molecule has 1 heterocycles. The van der Waals surface area contributed by atoms with Crippen LogP contribution in [0, 0.1) is 0 Å². The highest BCUT2D eigenvalue weighted by atomic mass is 35.5. The quantitative estimate of drug-likeness (QED) is 0.556. The van der Waals surface area contributed by atoms with Crippen LogP contribution in [0.15, 0.2) is 48.5 Å².